The molecular formula is C18H23N5S. The fraction of sp³-hybridized carbons (Fsp3) is 0.444. The fourth-order valence-corrected chi connectivity index (χ4v) is 4.35. The van der Waals surface area contributed by atoms with E-state index >= 15 is 0 Å². The van der Waals surface area contributed by atoms with Crippen molar-refractivity contribution in [3.63, 3.8) is 0 Å². The standard InChI is InChI=1S/C18H23N5S/c1-13-17(24-12-19-13)11-22(2)9-14-7-8-23(10-14)18-20-15-5-3-4-6-16(15)21-18/h3-6,12,14H,7-11H2,1-2H3,(H,20,21). The molecule has 2 aromatic heterocycles. The van der Waals surface area contributed by atoms with Crippen LogP contribution >= 0.6 is 11.3 Å². The lowest BCUT2D eigenvalue weighted by atomic mass is 10.1. The molecule has 0 saturated carbocycles. The highest BCUT2D eigenvalue weighted by Gasteiger charge is 2.25. The van der Waals surface area contributed by atoms with Gasteiger partial charge in [0.15, 0.2) is 0 Å². The van der Waals surface area contributed by atoms with Crippen molar-refractivity contribution in [2.75, 3.05) is 31.6 Å². The lowest BCUT2D eigenvalue weighted by Gasteiger charge is -2.21. The first-order valence-electron chi connectivity index (χ1n) is 8.46. The number of hydrogen-bond acceptors (Lipinski definition) is 5. The second kappa shape index (κ2) is 6.53. The van der Waals surface area contributed by atoms with Crippen LogP contribution in [0.5, 0.6) is 0 Å². The highest BCUT2D eigenvalue weighted by molar-refractivity contribution is 7.09. The van der Waals surface area contributed by atoms with Gasteiger partial charge in [0.1, 0.15) is 0 Å². The minimum absolute atomic E-state index is 0.691. The zero-order valence-electron chi connectivity index (χ0n) is 14.2. The number of para-hydroxylation sites is 2. The highest BCUT2D eigenvalue weighted by atomic mass is 32.1. The first-order valence-corrected chi connectivity index (χ1v) is 9.34. The van der Waals surface area contributed by atoms with Crippen LogP contribution in [0.2, 0.25) is 0 Å². The summed E-state index contributed by atoms with van der Waals surface area (Å²) in [5.41, 5.74) is 5.28. The summed E-state index contributed by atoms with van der Waals surface area (Å²) < 4.78 is 0. The van der Waals surface area contributed by atoms with Gasteiger partial charge in [-0.3, -0.25) is 0 Å². The zero-order chi connectivity index (χ0) is 16.5. The van der Waals surface area contributed by atoms with Crippen LogP contribution < -0.4 is 4.90 Å². The average molecular weight is 341 g/mol. The van der Waals surface area contributed by atoms with Gasteiger partial charge in [0, 0.05) is 31.1 Å². The third-order valence-corrected chi connectivity index (χ3v) is 5.71. The van der Waals surface area contributed by atoms with Gasteiger partial charge in [-0.15, -0.1) is 11.3 Å². The summed E-state index contributed by atoms with van der Waals surface area (Å²) in [6.45, 7) is 6.37. The van der Waals surface area contributed by atoms with Crippen LogP contribution in [0.25, 0.3) is 11.0 Å². The number of imidazole rings is 1. The van der Waals surface area contributed by atoms with E-state index < -0.39 is 0 Å². The number of nitrogens with zero attached hydrogens (tertiary/aromatic N) is 4. The lowest BCUT2D eigenvalue weighted by molar-refractivity contribution is 0.281. The van der Waals surface area contributed by atoms with E-state index in [1.807, 2.05) is 17.6 Å². The van der Waals surface area contributed by atoms with Crippen molar-refractivity contribution in [2.24, 2.45) is 5.92 Å². The van der Waals surface area contributed by atoms with Crippen LogP contribution in [0, 0.1) is 12.8 Å². The normalized spacial score (nSPS) is 18.1. The Kier molecular flexibility index (Phi) is 4.24. The van der Waals surface area contributed by atoms with E-state index in [1.165, 1.54) is 17.0 Å². The van der Waals surface area contributed by atoms with Crippen molar-refractivity contribution < 1.29 is 0 Å². The molecule has 0 radical (unpaired) electrons. The maximum atomic E-state index is 4.73. The summed E-state index contributed by atoms with van der Waals surface area (Å²) in [6, 6.07) is 8.24. The molecule has 6 heteroatoms. The molecular weight excluding hydrogens is 318 g/mol. The summed E-state index contributed by atoms with van der Waals surface area (Å²) in [5, 5.41) is 0. The maximum Gasteiger partial charge on any atom is 0.203 e. The first kappa shape index (κ1) is 15.6. The Morgan fingerprint density at radius 1 is 1.38 bits per heavy atom. The molecule has 1 atom stereocenters. The number of aryl methyl sites for hydroxylation is 1. The smallest absolute Gasteiger partial charge is 0.203 e. The van der Waals surface area contributed by atoms with Gasteiger partial charge in [0.25, 0.3) is 0 Å². The molecule has 3 heterocycles. The topological polar surface area (TPSA) is 48.1 Å². The molecule has 3 aromatic rings. The largest absolute Gasteiger partial charge is 0.342 e. The Bertz CT molecular complexity index is 791. The molecule has 0 amide bonds. The number of benzene rings is 1. The molecule has 0 bridgehead atoms. The van der Waals surface area contributed by atoms with Crippen molar-refractivity contribution in [2.45, 2.75) is 19.9 Å². The number of H-pyrrole nitrogens is 1. The van der Waals surface area contributed by atoms with Gasteiger partial charge in [0.05, 0.1) is 22.2 Å². The molecule has 1 saturated heterocycles. The van der Waals surface area contributed by atoms with E-state index in [-0.39, 0.29) is 0 Å². The first-order chi connectivity index (χ1) is 11.7. The molecule has 0 aliphatic carbocycles. The third kappa shape index (κ3) is 3.16. The number of aromatic amines is 1. The average Bonchev–Trinajstić information content (AvgIpc) is 3.27. The number of hydrogen-bond donors (Lipinski definition) is 1. The number of anilines is 1. The molecule has 4 rings (SSSR count). The molecule has 126 valence electrons. The number of rotatable bonds is 5. The monoisotopic (exact) mass is 341 g/mol. The van der Waals surface area contributed by atoms with Crippen molar-refractivity contribution in [1.29, 1.82) is 0 Å². The quantitative estimate of drug-likeness (QED) is 0.774. The second-order valence-electron chi connectivity index (χ2n) is 6.74. The van der Waals surface area contributed by atoms with Gasteiger partial charge >= 0.3 is 0 Å². The minimum Gasteiger partial charge on any atom is -0.342 e. The molecule has 1 aliphatic heterocycles. The molecule has 1 unspecified atom stereocenters. The van der Waals surface area contributed by atoms with E-state index in [1.54, 1.807) is 11.3 Å². The summed E-state index contributed by atoms with van der Waals surface area (Å²) in [7, 11) is 2.21. The summed E-state index contributed by atoms with van der Waals surface area (Å²) in [5.74, 6) is 1.70. The van der Waals surface area contributed by atoms with Gasteiger partial charge in [-0.1, -0.05) is 12.1 Å². The van der Waals surface area contributed by atoms with E-state index in [0.717, 1.165) is 43.2 Å². The minimum atomic E-state index is 0.691. The Morgan fingerprint density at radius 2 is 2.25 bits per heavy atom. The Hall–Kier alpha value is -1.92. The Morgan fingerprint density at radius 3 is 3.04 bits per heavy atom. The number of thiazole rings is 1. The molecule has 1 aliphatic rings. The summed E-state index contributed by atoms with van der Waals surface area (Å²) in [4.78, 5) is 18.7. The van der Waals surface area contributed by atoms with Crippen LogP contribution in [0.15, 0.2) is 29.8 Å². The Balaban J connectivity index is 1.36. The van der Waals surface area contributed by atoms with Crippen LogP contribution in [0.4, 0.5) is 5.95 Å². The van der Waals surface area contributed by atoms with Gasteiger partial charge in [-0.2, -0.15) is 0 Å². The molecule has 0 spiro atoms. The van der Waals surface area contributed by atoms with Gasteiger partial charge in [0.2, 0.25) is 5.95 Å². The molecule has 24 heavy (non-hydrogen) atoms. The predicted molar refractivity (Wildman–Crippen MR) is 99.6 cm³/mol. The fourth-order valence-electron chi connectivity index (χ4n) is 3.49. The third-order valence-electron chi connectivity index (χ3n) is 4.79. The van der Waals surface area contributed by atoms with Crippen molar-refractivity contribution >= 4 is 28.3 Å². The maximum absolute atomic E-state index is 4.73. The van der Waals surface area contributed by atoms with Crippen molar-refractivity contribution in [1.82, 2.24) is 19.9 Å². The number of aromatic nitrogens is 3. The van der Waals surface area contributed by atoms with Crippen LogP contribution in [0.1, 0.15) is 17.0 Å². The summed E-state index contributed by atoms with van der Waals surface area (Å²) >= 11 is 1.76. The van der Waals surface area contributed by atoms with Gasteiger partial charge in [-0.05, 0) is 38.4 Å². The number of fused-ring (bicyclic) bond motifs is 1. The molecule has 1 aromatic carbocycles. The highest BCUT2D eigenvalue weighted by Crippen LogP contribution is 2.25. The number of nitrogens with one attached hydrogen (secondary N) is 1. The molecule has 1 fully saturated rings. The van der Waals surface area contributed by atoms with Crippen molar-refractivity contribution in [3.05, 3.63) is 40.3 Å². The van der Waals surface area contributed by atoms with E-state index in [0.29, 0.717) is 5.92 Å². The predicted octanol–water partition coefficient (Wildman–Crippen LogP) is 3.29. The van der Waals surface area contributed by atoms with Gasteiger partial charge < -0.3 is 14.8 Å². The lowest BCUT2D eigenvalue weighted by Crippen LogP contribution is -2.28. The second-order valence-corrected chi connectivity index (χ2v) is 7.68. The van der Waals surface area contributed by atoms with Gasteiger partial charge in [-0.25, -0.2) is 9.97 Å². The van der Waals surface area contributed by atoms with Crippen LogP contribution in [-0.4, -0.2) is 46.5 Å². The molecule has 5 nitrogen and oxygen atoms in total. The van der Waals surface area contributed by atoms with Crippen molar-refractivity contribution in [3.8, 4) is 0 Å². The Labute approximate surface area is 146 Å². The van der Waals surface area contributed by atoms with E-state index in [4.69, 9.17) is 4.98 Å². The van der Waals surface area contributed by atoms with E-state index in [9.17, 15) is 0 Å². The van der Waals surface area contributed by atoms with Crippen LogP contribution in [-0.2, 0) is 6.54 Å². The summed E-state index contributed by atoms with van der Waals surface area (Å²) in [6.07, 6.45) is 1.23. The SMILES string of the molecule is Cc1ncsc1CN(C)CC1CCN(c2nc3ccccc3[nH]2)C1. The zero-order valence-corrected chi connectivity index (χ0v) is 15.0. The van der Waals surface area contributed by atoms with E-state index in [2.05, 4.69) is 45.9 Å². The van der Waals surface area contributed by atoms with Crippen LogP contribution in [0.3, 0.4) is 0 Å². The molecule has 1 N–H and O–H groups in total.